The summed E-state index contributed by atoms with van der Waals surface area (Å²) in [6.07, 6.45) is 4.33. The second-order valence-corrected chi connectivity index (χ2v) is 6.69. The topological polar surface area (TPSA) is 56.1 Å². The van der Waals surface area contributed by atoms with Crippen LogP contribution in [0.3, 0.4) is 0 Å². The Morgan fingerprint density at radius 1 is 1.15 bits per heavy atom. The molecule has 1 amide bonds. The molecule has 0 fully saturated rings. The third-order valence-corrected chi connectivity index (χ3v) is 4.14. The van der Waals surface area contributed by atoms with Crippen molar-refractivity contribution in [3.8, 4) is 11.4 Å². The molecule has 0 atom stereocenters. The summed E-state index contributed by atoms with van der Waals surface area (Å²) in [6.45, 7) is 3.87. The maximum absolute atomic E-state index is 13.0. The Hall–Kier alpha value is -3.15. The van der Waals surface area contributed by atoms with E-state index in [0.717, 1.165) is 11.3 Å². The van der Waals surface area contributed by atoms with Crippen molar-refractivity contribution in [1.82, 2.24) is 15.1 Å². The fourth-order valence-electron chi connectivity index (χ4n) is 2.61. The fraction of sp³-hybridized carbons (Fsp3) is 0.238. The standard InChI is InChI=1S/C21H22FN3O2/c1-21(2,27-19-10-6-17(22)7-11-19)20(26)23-14-12-16-4-8-18(9-5-16)25-15-3-13-24-25/h3-11,13,15H,12,14H2,1-2H3,(H,23,26). The van der Waals surface area contributed by atoms with Gasteiger partial charge in [-0.3, -0.25) is 4.79 Å². The molecule has 0 aliphatic rings. The van der Waals surface area contributed by atoms with Crippen LogP contribution in [-0.2, 0) is 11.2 Å². The molecule has 6 heteroatoms. The van der Waals surface area contributed by atoms with Crippen LogP contribution >= 0.6 is 0 Å². The number of halogens is 1. The van der Waals surface area contributed by atoms with Crippen molar-refractivity contribution < 1.29 is 13.9 Å². The van der Waals surface area contributed by atoms with Gasteiger partial charge < -0.3 is 10.1 Å². The van der Waals surface area contributed by atoms with Gasteiger partial charge >= 0.3 is 0 Å². The first-order chi connectivity index (χ1) is 12.9. The van der Waals surface area contributed by atoms with E-state index in [1.54, 1.807) is 24.7 Å². The number of nitrogens with one attached hydrogen (secondary N) is 1. The van der Waals surface area contributed by atoms with Crippen LogP contribution in [-0.4, -0.2) is 27.8 Å². The molecule has 0 saturated carbocycles. The number of carbonyl (C=O) groups excluding carboxylic acids is 1. The van der Waals surface area contributed by atoms with Crippen LogP contribution in [0.1, 0.15) is 19.4 Å². The average Bonchev–Trinajstić information content (AvgIpc) is 3.19. The van der Waals surface area contributed by atoms with Gasteiger partial charge in [-0.25, -0.2) is 9.07 Å². The molecule has 1 N–H and O–H groups in total. The number of hydrogen-bond donors (Lipinski definition) is 1. The zero-order chi connectivity index (χ0) is 19.3. The maximum Gasteiger partial charge on any atom is 0.263 e. The predicted molar refractivity (Wildman–Crippen MR) is 101 cm³/mol. The summed E-state index contributed by atoms with van der Waals surface area (Å²) in [4.78, 5) is 12.4. The van der Waals surface area contributed by atoms with Crippen molar-refractivity contribution in [3.63, 3.8) is 0 Å². The number of benzene rings is 2. The highest BCUT2D eigenvalue weighted by Crippen LogP contribution is 2.19. The summed E-state index contributed by atoms with van der Waals surface area (Å²) in [7, 11) is 0. The first kappa shape index (κ1) is 18.6. The lowest BCUT2D eigenvalue weighted by atomic mass is 10.1. The van der Waals surface area contributed by atoms with E-state index in [1.165, 1.54) is 24.3 Å². The Bertz CT molecular complexity index is 873. The van der Waals surface area contributed by atoms with Gasteiger partial charge in [0.1, 0.15) is 11.6 Å². The molecule has 5 nitrogen and oxygen atoms in total. The van der Waals surface area contributed by atoms with Gasteiger partial charge in [0.05, 0.1) is 5.69 Å². The molecule has 1 heterocycles. The largest absolute Gasteiger partial charge is 0.478 e. The molecule has 0 saturated heterocycles. The summed E-state index contributed by atoms with van der Waals surface area (Å²) >= 11 is 0. The lowest BCUT2D eigenvalue weighted by Gasteiger charge is -2.25. The number of ether oxygens (including phenoxy) is 1. The molecule has 140 valence electrons. The molecule has 0 bridgehead atoms. The van der Waals surface area contributed by atoms with Gasteiger partial charge in [-0.1, -0.05) is 12.1 Å². The van der Waals surface area contributed by atoms with Crippen LogP contribution < -0.4 is 10.1 Å². The van der Waals surface area contributed by atoms with E-state index in [0.29, 0.717) is 18.7 Å². The molecular formula is C21H22FN3O2. The van der Waals surface area contributed by atoms with Crippen molar-refractivity contribution in [2.45, 2.75) is 25.9 Å². The normalized spacial score (nSPS) is 11.2. The first-order valence-corrected chi connectivity index (χ1v) is 8.76. The Morgan fingerprint density at radius 2 is 1.85 bits per heavy atom. The monoisotopic (exact) mass is 367 g/mol. The number of carbonyl (C=O) groups is 1. The summed E-state index contributed by atoms with van der Waals surface area (Å²) < 4.78 is 20.5. The predicted octanol–water partition coefficient (Wildman–Crippen LogP) is 3.53. The molecule has 0 spiro atoms. The Labute approximate surface area is 157 Å². The van der Waals surface area contributed by atoms with Crippen molar-refractivity contribution >= 4 is 5.91 Å². The van der Waals surface area contributed by atoms with Gasteiger partial charge in [-0.15, -0.1) is 0 Å². The second-order valence-electron chi connectivity index (χ2n) is 6.69. The molecule has 2 aromatic carbocycles. The number of rotatable bonds is 7. The van der Waals surface area contributed by atoms with E-state index < -0.39 is 5.60 Å². The summed E-state index contributed by atoms with van der Waals surface area (Å²) in [5, 5.41) is 7.08. The van der Waals surface area contributed by atoms with Crippen LogP contribution in [0.25, 0.3) is 5.69 Å². The zero-order valence-electron chi connectivity index (χ0n) is 15.4. The summed E-state index contributed by atoms with van der Waals surface area (Å²) in [5.41, 5.74) is 1.05. The number of hydrogen-bond acceptors (Lipinski definition) is 3. The third-order valence-electron chi connectivity index (χ3n) is 4.14. The summed E-state index contributed by atoms with van der Waals surface area (Å²) in [5.74, 6) is -0.117. The average molecular weight is 367 g/mol. The first-order valence-electron chi connectivity index (χ1n) is 8.76. The molecule has 0 unspecified atom stereocenters. The fourth-order valence-corrected chi connectivity index (χ4v) is 2.61. The molecule has 3 aromatic rings. The van der Waals surface area contributed by atoms with Crippen molar-refractivity contribution in [2.75, 3.05) is 6.54 Å². The Balaban J connectivity index is 1.50. The van der Waals surface area contributed by atoms with E-state index >= 15 is 0 Å². The van der Waals surface area contributed by atoms with Crippen molar-refractivity contribution in [1.29, 1.82) is 0 Å². The maximum atomic E-state index is 13.0. The molecule has 1 aromatic heterocycles. The van der Waals surface area contributed by atoms with E-state index in [2.05, 4.69) is 10.4 Å². The highest BCUT2D eigenvalue weighted by molar-refractivity contribution is 5.84. The van der Waals surface area contributed by atoms with Crippen LogP contribution in [0.15, 0.2) is 67.0 Å². The van der Waals surface area contributed by atoms with Gasteiger partial charge in [0, 0.05) is 18.9 Å². The van der Waals surface area contributed by atoms with E-state index in [4.69, 9.17) is 4.74 Å². The molecule has 27 heavy (non-hydrogen) atoms. The number of nitrogens with zero attached hydrogens (tertiary/aromatic N) is 2. The van der Waals surface area contributed by atoms with E-state index in [-0.39, 0.29) is 11.7 Å². The molecular weight excluding hydrogens is 345 g/mol. The highest BCUT2D eigenvalue weighted by Gasteiger charge is 2.29. The van der Waals surface area contributed by atoms with Crippen molar-refractivity contribution in [3.05, 3.63) is 78.4 Å². The molecule has 3 rings (SSSR count). The van der Waals surface area contributed by atoms with E-state index in [9.17, 15) is 9.18 Å². The molecule has 0 aliphatic carbocycles. The lowest BCUT2D eigenvalue weighted by Crippen LogP contribution is -2.47. The zero-order valence-corrected chi connectivity index (χ0v) is 15.4. The van der Waals surface area contributed by atoms with Crippen LogP contribution in [0.2, 0.25) is 0 Å². The summed E-state index contributed by atoms with van der Waals surface area (Å²) in [6, 6.07) is 15.5. The van der Waals surface area contributed by atoms with Gasteiger partial charge in [0.25, 0.3) is 5.91 Å². The van der Waals surface area contributed by atoms with Gasteiger partial charge in [0.2, 0.25) is 0 Å². The Kier molecular flexibility index (Phi) is 5.54. The molecule has 0 aliphatic heterocycles. The van der Waals surface area contributed by atoms with Crippen LogP contribution in [0.5, 0.6) is 5.75 Å². The van der Waals surface area contributed by atoms with Crippen LogP contribution in [0.4, 0.5) is 4.39 Å². The Morgan fingerprint density at radius 3 is 2.48 bits per heavy atom. The number of aromatic nitrogens is 2. The minimum Gasteiger partial charge on any atom is -0.478 e. The SMILES string of the molecule is CC(C)(Oc1ccc(F)cc1)C(=O)NCCc1ccc(-n2cccn2)cc1. The highest BCUT2D eigenvalue weighted by atomic mass is 19.1. The second kappa shape index (κ2) is 8.03. The number of amides is 1. The minimum absolute atomic E-state index is 0.222. The van der Waals surface area contributed by atoms with Gasteiger partial charge in [-0.05, 0) is 68.3 Å². The quantitative estimate of drug-likeness (QED) is 0.695. The lowest BCUT2D eigenvalue weighted by molar-refractivity contribution is -0.134. The third kappa shape index (κ3) is 4.94. The smallest absolute Gasteiger partial charge is 0.263 e. The van der Waals surface area contributed by atoms with Crippen LogP contribution in [0, 0.1) is 5.82 Å². The van der Waals surface area contributed by atoms with Gasteiger partial charge in [0.15, 0.2) is 5.60 Å². The molecule has 0 radical (unpaired) electrons. The minimum atomic E-state index is -1.05. The van der Waals surface area contributed by atoms with Crippen molar-refractivity contribution in [2.24, 2.45) is 0 Å². The van der Waals surface area contributed by atoms with Gasteiger partial charge in [-0.2, -0.15) is 5.10 Å². The van der Waals surface area contributed by atoms with E-state index in [1.807, 2.05) is 36.5 Å².